The number of halogens is 1. The first-order chi connectivity index (χ1) is 12.7. The van der Waals surface area contributed by atoms with Gasteiger partial charge in [0.2, 0.25) is 15.9 Å². The van der Waals surface area contributed by atoms with Crippen molar-refractivity contribution >= 4 is 27.5 Å². The summed E-state index contributed by atoms with van der Waals surface area (Å²) in [5.74, 6) is -0.325. The number of hydrogen-bond acceptors (Lipinski definition) is 3. The summed E-state index contributed by atoms with van der Waals surface area (Å²) in [6.07, 6.45) is 0.771. The van der Waals surface area contributed by atoms with Gasteiger partial charge in [-0.05, 0) is 50.1 Å². The molecule has 0 unspecified atom stereocenters. The molecule has 0 aliphatic heterocycles. The van der Waals surface area contributed by atoms with Crippen molar-refractivity contribution in [2.75, 3.05) is 6.54 Å². The molecule has 2 rings (SSSR count). The summed E-state index contributed by atoms with van der Waals surface area (Å²) in [7, 11) is -3.85. The third-order valence-corrected chi connectivity index (χ3v) is 6.33. The van der Waals surface area contributed by atoms with Crippen molar-refractivity contribution in [3.63, 3.8) is 0 Å². The molecular formula is C20H25ClN2O3S. The molecule has 0 bridgehead atoms. The van der Waals surface area contributed by atoms with Gasteiger partial charge < -0.3 is 5.32 Å². The van der Waals surface area contributed by atoms with Gasteiger partial charge in [0, 0.05) is 17.6 Å². The second-order valence-corrected chi connectivity index (χ2v) is 8.96. The molecule has 2 aromatic carbocycles. The highest BCUT2D eigenvalue weighted by Crippen LogP contribution is 2.20. The zero-order valence-corrected chi connectivity index (χ0v) is 17.3. The first-order valence-electron chi connectivity index (χ1n) is 8.83. The molecule has 1 amide bonds. The Labute approximate surface area is 166 Å². The Balaban J connectivity index is 2.31. The molecule has 0 radical (unpaired) electrons. The predicted octanol–water partition coefficient (Wildman–Crippen LogP) is 3.75. The first kappa shape index (κ1) is 21.4. The van der Waals surface area contributed by atoms with Gasteiger partial charge in [-0.1, -0.05) is 48.4 Å². The highest BCUT2D eigenvalue weighted by molar-refractivity contribution is 7.89. The lowest BCUT2D eigenvalue weighted by Crippen LogP contribution is -2.43. The fourth-order valence-corrected chi connectivity index (χ4v) is 3.97. The molecule has 0 saturated heterocycles. The van der Waals surface area contributed by atoms with Crippen molar-refractivity contribution in [1.82, 2.24) is 9.62 Å². The van der Waals surface area contributed by atoms with Crippen molar-refractivity contribution < 1.29 is 13.2 Å². The quantitative estimate of drug-likeness (QED) is 0.723. The lowest BCUT2D eigenvalue weighted by molar-refractivity contribution is -0.122. The zero-order chi connectivity index (χ0) is 20.0. The van der Waals surface area contributed by atoms with Crippen LogP contribution >= 0.6 is 11.6 Å². The van der Waals surface area contributed by atoms with Crippen LogP contribution in [0.2, 0.25) is 5.02 Å². The van der Waals surface area contributed by atoms with E-state index in [9.17, 15) is 13.2 Å². The molecule has 5 nitrogen and oxygen atoms in total. The molecule has 1 N–H and O–H groups in total. The van der Waals surface area contributed by atoms with E-state index in [2.05, 4.69) is 5.32 Å². The number of nitrogens with zero attached hydrogens (tertiary/aromatic N) is 1. The van der Waals surface area contributed by atoms with Crippen LogP contribution in [-0.4, -0.2) is 31.2 Å². The van der Waals surface area contributed by atoms with E-state index in [0.717, 1.165) is 17.5 Å². The summed E-state index contributed by atoms with van der Waals surface area (Å²) >= 11 is 5.87. The molecule has 0 fully saturated rings. The van der Waals surface area contributed by atoms with E-state index in [1.54, 1.807) is 0 Å². The van der Waals surface area contributed by atoms with Crippen LogP contribution in [0.5, 0.6) is 0 Å². The second kappa shape index (κ2) is 9.35. The normalized spacial score (nSPS) is 12.8. The Morgan fingerprint density at radius 3 is 2.26 bits per heavy atom. The van der Waals surface area contributed by atoms with Gasteiger partial charge in [0.1, 0.15) is 0 Å². The molecule has 0 aliphatic rings. The standard InChI is InChI=1S/C20H25ClN2O3S/c1-4-16(3)22-20(24)14-23(13-17-7-5-15(2)6-8-17)27(25,26)19-11-9-18(21)10-12-19/h5-12,16H,4,13-14H2,1-3H3,(H,22,24)/t16-/m1/s1. The minimum atomic E-state index is -3.85. The number of carbonyl (C=O) groups is 1. The van der Waals surface area contributed by atoms with E-state index in [1.807, 2.05) is 45.0 Å². The number of rotatable bonds is 8. The molecular weight excluding hydrogens is 384 g/mol. The van der Waals surface area contributed by atoms with Crippen molar-refractivity contribution in [2.45, 2.75) is 44.7 Å². The molecule has 0 saturated carbocycles. The second-order valence-electron chi connectivity index (χ2n) is 6.59. The third kappa shape index (κ3) is 6.06. The van der Waals surface area contributed by atoms with Gasteiger partial charge in [0.25, 0.3) is 0 Å². The van der Waals surface area contributed by atoms with E-state index >= 15 is 0 Å². The number of amides is 1. The smallest absolute Gasteiger partial charge is 0.243 e. The zero-order valence-electron chi connectivity index (χ0n) is 15.8. The van der Waals surface area contributed by atoms with Gasteiger partial charge in [0.05, 0.1) is 11.4 Å². The summed E-state index contributed by atoms with van der Waals surface area (Å²) in [6.45, 7) is 5.67. The molecule has 0 heterocycles. The molecule has 0 aliphatic carbocycles. The number of benzene rings is 2. The molecule has 146 valence electrons. The molecule has 27 heavy (non-hydrogen) atoms. The minimum absolute atomic E-state index is 0.0167. The monoisotopic (exact) mass is 408 g/mol. The van der Waals surface area contributed by atoms with Gasteiger partial charge in [-0.2, -0.15) is 4.31 Å². The summed E-state index contributed by atoms with van der Waals surface area (Å²) < 4.78 is 27.4. The SMILES string of the molecule is CC[C@@H](C)NC(=O)CN(Cc1ccc(C)cc1)S(=O)(=O)c1ccc(Cl)cc1. The van der Waals surface area contributed by atoms with Crippen molar-refractivity contribution in [3.05, 3.63) is 64.7 Å². The van der Waals surface area contributed by atoms with E-state index in [4.69, 9.17) is 11.6 Å². The molecule has 0 aromatic heterocycles. The lowest BCUT2D eigenvalue weighted by Gasteiger charge is -2.23. The van der Waals surface area contributed by atoms with Crippen LogP contribution in [0.3, 0.4) is 0 Å². The number of sulfonamides is 1. The fraction of sp³-hybridized carbons (Fsp3) is 0.350. The molecule has 0 spiro atoms. The van der Waals surface area contributed by atoms with Gasteiger partial charge in [-0.3, -0.25) is 4.79 Å². The Morgan fingerprint density at radius 1 is 1.11 bits per heavy atom. The summed E-state index contributed by atoms with van der Waals surface area (Å²) in [5, 5.41) is 3.27. The topological polar surface area (TPSA) is 66.5 Å². The highest BCUT2D eigenvalue weighted by atomic mass is 35.5. The van der Waals surface area contributed by atoms with Crippen LogP contribution in [0.15, 0.2) is 53.4 Å². The van der Waals surface area contributed by atoms with Gasteiger partial charge in [-0.25, -0.2) is 8.42 Å². The maximum atomic E-state index is 13.1. The molecule has 1 atom stereocenters. The van der Waals surface area contributed by atoms with Crippen LogP contribution < -0.4 is 5.32 Å². The average Bonchev–Trinajstić information content (AvgIpc) is 2.63. The van der Waals surface area contributed by atoms with E-state index in [0.29, 0.717) is 5.02 Å². The third-order valence-electron chi connectivity index (χ3n) is 4.27. The molecule has 2 aromatic rings. The van der Waals surface area contributed by atoms with Crippen LogP contribution in [0, 0.1) is 6.92 Å². The van der Waals surface area contributed by atoms with E-state index < -0.39 is 10.0 Å². The number of carbonyl (C=O) groups excluding carboxylic acids is 1. The summed E-state index contributed by atoms with van der Waals surface area (Å²) in [5.41, 5.74) is 1.90. The number of aryl methyl sites for hydroxylation is 1. The van der Waals surface area contributed by atoms with Crippen molar-refractivity contribution in [3.8, 4) is 0 Å². The van der Waals surface area contributed by atoms with Crippen LogP contribution in [0.4, 0.5) is 0 Å². The maximum absolute atomic E-state index is 13.1. The highest BCUT2D eigenvalue weighted by Gasteiger charge is 2.27. The Hall–Kier alpha value is -1.89. The predicted molar refractivity (Wildman–Crippen MR) is 108 cm³/mol. The van der Waals surface area contributed by atoms with Crippen LogP contribution in [-0.2, 0) is 21.4 Å². The average molecular weight is 409 g/mol. The van der Waals surface area contributed by atoms with Crippen LogP contribution in [0.25, 0.3) is 0 Å². The van der Waals surface area contributed by atoms with Crippen molar-refractivity contribution in [1.29, 1.82) is 0 Å². The first-order valence-corrected chi connectivity index (χ1v) is 10.6. The lowest BCUT2D eigenvalue weighted by atomic mass is 10.1. The molecule has 7 heteroatoms. The summed E-state index contributed by atoms with van der Waals surface area (Å²) in [6, 6.07) is 13.5. The minimum Gasteiger partial charge on any atom is -0.353 e. The van der Waals surface area contributed by atoms with Gasteiger partial charge in [-0.15, -0.1) is 0 Å². The van der Waals surface area contributed by atoms with Gasteiger partial charge >= 0.3 is 0 Å². The van der Waals surface area contributed by atoms with Gasteiger partial charge in [0.15, 0.2) is 0 Å². The largest absolute Gasteiger partial charge is 0.353 e. The number of hydrogen-bond donors (Lipinski definition) is 1. The van der Waals surface area contributed by atoms with E-state index in [-0.39, 0.29) is 29.9 Å². The maximum Gasteiger partial charge on any atom is 0.243 e. The van der Waals surface area contributed by atoms with E-state index in [1.165, 1.54) is 28.6 Å². The fourth-order valence-electron chi connectivity index (χ4n) is 2.46. The Bertz CT molecular complexity index is 865. The Kier molecular flexibility index (Phi) is 7.41. The van der Waals surface area contributed by atoms with Crippen LogP contribution in [0.1, 0.15) is 31.4 Å². The van der Waals surface area contributed by atoms with Crippen molar-refractivity contribution in [2.24, 2.45) is 0 Å². The Morgan fingerprint density at radius 2 is 1.70 bits per heavy atom. The summed E-state index contributed by atoms with van der Waals surface area (Å²) in [4.78, 5) is 12.5. The number of nitrogens with one attached hydrogen (secondary N) is 1.